The maximum absolute atomic E-state index is 15.1. The summed E-state index contributed by atoms with van der Waals surface area (Å²) in [6.07, 6.45) is 6.24. The molecular formula is C45H77N2O9+. The second-order valence-corrected chi connectivity index (χ2v) is 20.8. The molecule has 56 heavy (non-hydrogen) atoms. The van der Waals surface area contributed by atoms with Crippen molar-refractivity contribution in [2.45, 2.75) is 204 Å². The van der Waals surface area contributed by atoms with Gasteiger partial charge in [-0.2, -0.15) is 0 Å². The quantitative estimate of drug-likeness (QED) is 0.150. The van der Waals surface area contributed by atoms with E-state index in [0.29, 0.717) is 54.6 Å². The molecule has 0 aromatic carbocycles. The molecule has 4 saturated carbocycles. The summed E-state index contributed by atoms with van der Waals surface area (Å²) >= 11 is 0. The van der Waals surface area contributed by atoms with Crippen LogP contribution in [0.1, 0.15) is 144 Å². The lowest BCUT2D eigenvalue weighted by Gasteiger charge is -2.63. The molecule has 0 aromatic rings. The average molecular weight is 790 g/mol. The van der Waals surface area contributed by atoms with Crippen molar-refractivity contribution in [2.75, 3.05) is 6.54 Å². The summed E-state index contributed by atoms with van der Waals surface area (Å²) in [6, 6.07) is 0. The fraction of sp³-hybridized carbons (Fsp3) is 0.933. The minimum atomic E-state index is -1.61. The molecule has 7 rings (SSSR count). The minimum absolute atomic E-state index is 0.0619. The lowest BCUT2D eigenvalue weighted by Crippen LogP contribution is -2.95. The average Bonchev–Trinajstić information content (AvgIpc) is 3.53. The number of carbonyl (C=O) groups is 1. The van der Waals surface area contributed by atoms with Gasteiger partial charge in [-0.3, -0.25) is 10.5 Å². The highest BCUT2D eigenvalue weighted by Gasteiger charge is 2.71. The zero-order chi connectivity index (χ0) is 40.5. The summed E-state index contributed by atoms with van der Waals surface area (Å²) in [4.78, 5) is 15.1. The van der Waals surface area contributed by atoms with Crippen molar-refractivity contribution in [3.63, 3.8) is 0 Å². The zero-order valence-corrected chi connectivity index (χ0v) is 35.0. The third kappa shape index (κ3) is 7.11. The van der Waals surface area contributed by atoms with Crippen LogP contribution < -0.4 is 11.1 Å². The molecule has 0 amide bonds. The van der Waals surface area contributed by atoms with Crippen LogP contribution in [-0.2, 0) is 9.53 Å². The lowest BCUT2D eigenvalue weighted by atomic mass is 9.42. The predicted octanol–water partition coefficient (Wildman–Crippen LogP) is 2.83. The van der Waals surface area contributed by atoms with Crippen LogP contribution in [-0.4, -0.2) is 108 Å². The number of quaternary nitrogens is 1. The summed E-state index contributed by atoms with van der Waals surface area (Å²) < 4.78 is 6.71. The van der Waals surface area contributed by atoms with Gasteiger partial charge in [0.2, 0.25) is 0 Å². The Morgan fingerprint density at radius 1 is 0.964 bits per heavy atom. The molecule has 0 aromatic heterocycles. The number of aliphatic hydroxyl groups is 7. The normalized spacial score (nSPS) is 48.2. The molecule has 2 heterocycles. The van der Waals surface area contributed by atoms with E-state index in [2.05, 4.69) is 19.2 Å². The summed E-state index contributed by atoms with van der Waals surface area (Å²) in [6.45, 7) is 10.5. The number of carbonyl (C=O) groups excluding carboxylic acids is 1. The van der Waals surface area contributed by atoms with E-state index in [1.165, 1.54) is 26.2 Å². The predicted molar refractivity (Wildman–Crippen MR) is 212 cm³/mol. The van der Waals surface area contributed by atoms with Gasteiger partial charge in [0.05, 0.1) is 54.4 Å². The molecule has 2 aliphatic heterocycles. The number of aliphatic hydroxyl groups excluding tert-OH is 5. The van der Waals surface area contributed by atoms with Crippen LogP contribution in [0.3, 0.4) is 0 Å². The number of piperidine rings is 1. The monoisotopic (exact) mass is 790 g/mol. The second-order valence-electron chi connectivity index (χ2n) is 20.8. The van der Waals surface area contributed by atoms with Crippen molar-refractivity contribution in [2.24, 2.45) is 58.0 Å². The molecule has 2 unspecified atom stereocenters. The van der Waals surface area contributed by atoms with Gasteiger partial charge in [0.1, 0.15) is 12.3 Å². The smallest absolute Gasteiger partial charge is 0.162 e. The standard InChI is InChI=1S/C45H76N2O9/c1-6-7-26-8-11-28-24(2)40(56-35(28)12-9-26)41(53)43(5,54)36-16-19-45(55)38-29(20-32(49)25(3)48)39(52)31-21-33(50)34(51)22-44(31,30(38)15-17-42(36,45)4)18-14-27-10-13-37(46)47-23-27/h24-28,30-37,40-41,47-51,53-55H,6-23,46H2,1-5H3/p+1/t24-,25-,26-,27?,28+,30+,31+,32-,33+,34-,35+,36+,37?,40+,41+,42+,43+,44+,45-/m0/s1. The van der Waals surface area contributed by atoms with Crippen molar-refractivity contribution < 1.29 is 50.6 Å². The van der Waals surface area contributed by atoms with E-state index in [4.69, 9.17) is 10.5 Å². The number of hydrogen-bond acceptors (Lipinski definition) is 10. The number of Topliss-reactive ketones (excluding diaryl/α,β-unsaturated/α-hetero) is 1. The first kappa shape index (κ1) is 43.1. The number of nitrogens with two attached hydrogens (primary N) is 2. The van der Waals surface area contributed by atoms with E-state index in [1.54, 1.807) is 6.92 Å². The van der Waals surface area contributed by atoms with Crippen molar-refractivity contribution in [3.8, 4) is 0 Å². The van der Waals surface area contributed by atoms with Crippen molar-refractivity contribution in [1.29, 1.82) is 0 Å². The Labute approximate surface area is 335 Å². The number of ether oxygens (including phenoxy) is 1. The summed E-state index contributed by atoms with van der Waals surface area (Å²) in [5.74, 6) is -0.116. The Kier molecular flexibility index (Phi) is 12.4. The number of hydrogen-bond donors (Lipinski definition) is 9. The van der Waals surface area contributed by atoms with Crippen molar-refractivity contribution in [3.05, 3.63) is 11.1 Å². The highest BCUT2D eigenvalue weighted by molar-refractivity contribution is 6.00. The van der Waals surface area contributed by atoms with Crippen molar-refractivity contribution >= 4 is 5.78 Å². The molecule has 11 nitrogen and oxygen atoms in total. The molecule has 11 heteroatoms. The number of fused-ring (bicyclic) bond motifs is 6. The van der Waals surface area contributed by atoms with Crippen LogP contribution in [0, 0.1) is 52.3 Å². The van der Waals surface area contributed by atoms with Crippen molar-refractivity contribution in [1.82, 2.24) is 0 Å². The van der Waals surface area contributed by atoms with Gasteiger partial charge in [-0.25, -0.2) is 0 Å². The lowest BCUT2D eigenvalue weighted by molar-refractivity contribution is -0.703. The van der Waals surface area contributed by atoms with Gasteiger partial charge in [-0.05, 0) is 131 Å². The van der Waals surface area contributed by atoms with Crippen LogP contribution >= 0.6 is 0 Å². The van der Waals surface area contributed by atoms with Gasteiger partial charge in [-0.15, -0.1) is 0 Å². The van der Waals surface area contributed by atoms with Gasteiger partial charge < -0.3 is 45.8 Å². The van der Waals surface area contributed by atoms with Crippen LogP contribution in [0.15, 0.2) is 11.1 Å². The van der Waals surface area contributed by atoms with Crippen LogP contribution in [0.25, 0.3) is 0 Å². The molecular weight excluding hydrogens is 712 g/mol. The van der Waals surface area contributed by atoms with E-state index >= 15 is 4.79 Å². The van der Waals surface area contributed by atoms with Crippen LogP contribution in [0.5, 0.6) is 0 Å². The van der Waals surface area contributed by atoms with Gasteiger partial charge in [0, 0.05) is 35.7 Å². The molecule has 5 aliphatic carbocycles. The number of rotatable bonds is 11. The fourth-order valence-electron chi connectivity index (χ4n) is 14.4. The molecule has 2 saturated heterocycles. The molecule has 6 fully saturated rings. The maximum atomic E-state index is 15.1. The molecule has 11 N–H and O–H groups in total. The van der Waals surface area contributed by atoms with Crippen LogP contribution in [0.4, 0.5) is 0 Å². The van der Waals surface area contributed by atoms with E-state index in [9.17, 15) is 35.7 Å². The third-order valence-corrected chi connectivity index (χ3v) is 17.8. The number of ketones is 1. The minimum Gasteiger partial charge on any atom is -0.391 e. The summed E-state index contributed by atoms with van der Waals surface area (Å²) in [5, 5.41) is 84.7. The zero-order valence-electron chi connectivity index (χ0n) is 35.0. The van der Waals surface area contributed by atoms with E-state index in [0.717, 1.165) is 45.1 Å². The Morgan fingerprint density at radius 3 is 2.36 bits per heavy atom. The van der Waals surface area contributed by atoms with E-state index in [-0.39, 0.29) is 55.6 Å². The molecule has 19 atom stereocenters. The Hall–Kier alpha value is -0.990. The Morgan fingerprint density at radius 2 is 1.68 bits per heavy atom. The van der Waals surface area contributed by atoms with Crippen LogP contribution in [0.2, 0.25) is 0 Å². The summed E-state index contributed by atoms with van der Waals surface area (Å²) in [5.41, 5.74) is 2.36. The Bertz CT molecular complexity index is 1450. The molecule has 7 aliphatic rings. The third-order valence-electron chi connectivity index (χ3n) is 17.8. The first-order valence-corrected chi connectivity index (χ1v) is 22.8. The second kappa shape index (κ2) is 16.1. The molecule has 320 valence electrons. The fourth-order valence-corrected chi connectivity index (χ4v) is 14.4. The first-order chi connectivity index (χ1) is 26.4. The SMILES string of the molecule is CCC[C@H]1CC[C@@H]2[C@H](C)[C@H]([C@@H](O)[C@](C)(O)[C@@H]3CC[C@]4(O)C5=C(C[C@H](O)[C@H](C)O)C(=O)[C@H]6C[C@@H](O)[C@@H](O)C[C@]6(CCC6CCC(N)[NH2+]C6)[C@@H]5CC[C@]34C)O[C@@H]2CC1. The molecule has 0 bridgehead atoms. The summed E-state index contributed by atoms with van der Waals surface area (Å²) in [7, 11) is 0. The van der Waals surface area contributed by atoms with Gasteiger partial charge in [-0.1, -0.05) is 40.0 Å². The largest absolute Gasteiger partial charge is 0.391 e. The van der Waals surface area contributed by atoms with E-state index in [1.807, 2.05) is 6.92 Å². The Balaban J connectivity index is 1.23. The highest BCUT2D eigenvalue weighted by Crippen LogP contribution is 2.71. The van der Waals surface area contributed by atoms with E-state index < -0.39 is 70.5 Å². The first-order valence-electron chi connectivity index (χ1n) is 22.8. The van der Waals surface area contributed by atoms with Gasteiger partial charge >= 0.3 is 0 Å². The highest BCUT2D eigenvalue weighted by atomic mass is 16.5. The van der Waals surface area contributed by atoms with Gasteiger partial charge in [0.15, 0.2) is 5.78 Å². The topological polar surface area (TPSA) is 211 Å². The van der Waals surface area contributed by atoms with Gasteiger partial charge in [0.25, 0.3) is 0 Å². The molecule has 0 spiro atoms. The maximum Gasteiger partial charge on any atom is 0.162 e. The molecule has 0 radical (unpaired) electrons.